The molecule has 0 radical (unpaired) electrons. The van der Waals surface area contributed by atoms with Crippen LogP contribution in [0.5, 0.6) is 0 Å². The number of amides is 1. The third-order valence-electron chi connectivity index (χ3n) is 7.07. The van der Waals surface area contributed by atoms with E-state index < -0.39 is 10.0 Å². The number of anilines is 1. The number of morpholine rings is 1. The van der Waals surface area contributed by atoms with Gasteiger partial charge in [-0.25, -0.2) is 13.4 Å². The second kappa shape index (κ2) is 14.7. The minimum atomic E-state index is -3.63. The number of carbonyl (C=O) groups is 1. The van der Waals surface area contributed by atoms with Crippen LogP contribution in [0.2, 0.25) is 0 Å². The van der Waals surface area contributed by atoms with Crippen molar-refractivity contribution in [2.75, 3.05) is 63.6 Å². The average molecular weight is 605 g/mol. The summed E-state index contributed by atoms with van der Waals surface area (Å²) in [5, 5.41) is 0.650. The maximum Gasteiger partial charge on any atom is 0.260 e. The summed E-state index contributed by atoms with van der Waals surface area (Å²) in [6, 6.07) is 12.5. The van der Waals surface area contributed by atoms with Crippen molar-refractivity contribution in [3.63, 3.8) is 0 Å². The third kappa shape index (κ3) is 7.43. The van der Waals surface area contributed by atoms with Gasteiger partial charge in [-0.15, -0.1) is 11.8 Å². The molecule has 0 spiro atoms. The molecule has 0 saturated carbocycles. The van der Waals surface area contributed by atoms with Gasteiger partial charge < -0.3 is 4.74 Å². The molecule has 218 valence electrons. The Bertz CT molecular complexity index is 1350. The van der Waals surface area contributed by atoms with Gasteiger partial charge in [0.15, 0.2) is 5.13 Å². The van der Waals surface area contributed by atoms with Gasteiger partial charge in [0.25, 0.3) is 5.91 Å². The molecule has 40 heavy (non-hydrogen) atoms. The number of benzene rings is 2. The molecule has 1 aromatic heterocycles. The molecular formula is C29H40N4O4S3. The molecule has 11 heteroatoms. The zero-order valence-electron chi connectivity index (χ0n) is 23.7. The van der Waals surface area contributed by atoms with Gasteiger partial charge >= 0.3 is 0 Å². The lowest BCUT2D eigenvalue weighted by molar-refractivity contribution is 0.0391. The van der Waals surface area contributed by atoms with Crippen molar-refractivity contribution in [2.45, 2.75) is 49.3 Å². The van der Waals surface area contributed by atoms with E-state index in [9.17, 15) is 13.2 Å². The quantitative estimate of drug-likeness (QED) is 0.222. The minimum absolute atomic E-state index is 0.184. The first-order valence-electron chi connectivity index (χ1n) is 14.0. The molecule has 1 amide bonds. The molecule has 2 aromatic carbocycles. The van der Waals surface area contributed by atoms with Crippen LogP contribution in [0.25, 0.3) is 10.2 Å². The SMILES string of the molecule is CCCCN(CCCC)S(=O)(=O)c1ccc(C(=O)N(CCN2CCOCC2)c2nc3c(SC)cccc3s2)cc1. The fourth-order valence-corrected chi connectivity index (χ4v) is 7.80. The van der Waals surface area contributed by atoms with Crippen molar-refractivity contribution in [3.8, 4) is 0 Å². The predicted molar refractivity (Wildman–Crippen MR) is 165 cm³/mol. The molecule has 0 aliphatic carbocycles. The lowest BCUT2D eigenvalue weighted by atomic mass is 10.2. The predicted octanol–water partition coefficient (Wildman–Crippen LogP) is 5.59. The van der Waals surface area contributed by atoms with Crippen molar-refractivity contribution in [2.24, 2.45) is 0 Å². The second-order valence-electron chi connectivity index (χ2n) is 9.85. The van der Waals surface area contributed by atoms with Crippen LogP contribution in [0.4, 0.5) is 5.13 Å². The van der Waals surface area contributed by atoms with E-state index >= 15 is 0 Å². The number of sulfonamides is 1. The van der Waals surface area contributed by atoms with Gasteiger partial charge in [-0.05, 0) is 55.5 Å². The van der Waals surface area contributed by atoms with Crippen molar-refractivity contribution in [1.82, 2.24) is 14.2 Å². The fourth-order valence-electron chi connectivity index (χ4n) is 4.64. The summed E-state index contributed by atoms with van der Waals surface area (Å²) in [5.41, 5.74) is 1.35. The van der Waals surface area contributed by atoms with E-state index in [4.69, 9.17) is 9.72 Å². The molecule has 3 aromatic rings. The van der Waals surface area contributed by atoms with E-state index in [2.05, 4.69) is 18.7 Å². The van der Waals surface area contributed by atoms with E-state index in [1.165, 1.54) is 11.3 Å². The van der Waals surface area contributed by atoms with E-state index in [-0.39, 0.29) is 10.8 Å². The zero-order valence-corrected chi connectivity index (χ0v) is 26.1. The summed E-state index contributed by atoms with van der Waals surface area (Å²) in [6.45, 7) is 9.35. The highest BCUT2D eigenvalue weighted by atomic mass is 32.2. The smallest absolute Gasteiger partial charge is 0.260 e. The van der Waals surface area contributed by atoms with Crippen LogP contribution in [0.3, 0.4) is 0 Å². The molecule has 4 rings (SSSR count). The highest BCUT2D eigenvalue weighted by molar-refractivity contribution is 7.98. The maximum absolute atomic E-state index is 13.9. The van der Waals surface area contributed by atoms with Crippen molar-refractivity contribution in [3.05, 3.63) is 48.0 Å². The maximum atomic E-state index is 13.9. The molecule has 2 heterocycles. The Labute approximate surface area is 246 Å². The Balaban J connectivity index is 1.60. The molecular weight excluding hydrogens is 565 g/mol. The molecule has 1 aliphatic heterocycles. The van der Waals surface area contributed by atoms with Crippen molar-refractivity contribution in [1.29, 1.82) is 0 Å². The third-order valence-corrected chi connectivity index (χ3v) is 10.8. The molecule has 0 atom stereocenters. The van der Waals surface area contributed by atoms with Gasteiger partial charge in [0, 0.05) is 49.7 Å². The van der Waals surface area contributed by atoms with Gasteiger partial charge in [-0.1, -0.05) is 44.1 Å². The Morgan fingerprint density at radius 3 is 2.33 bits per heavy atom. The minimum Gasteiger partial charge on any atom is -0.379 e. The highest BCUT2D eigenvalue weighted by Gasteiger charge is 2.26. The lowest BCUT2D eigenvalue weighted by Crippen LogP contribution is -2.43. The second-order valence-corrected chi connectivity index (χ2v) is 13.6. The summed E-state index contributed by atoms with van der Waals surface area (Å²) < 4.78 is 34.9. The lowest BCUT2D eigenvalue weighted by Gasteiger charge is -2.29. The van der Waals surface area contributed by atoms with Crippen LogP contribution < -0.4 is 4.90 Å². The van der Waals surface area contributed by atoms with E-state index in [0.717, 1.165) is 53.9 Å². The number of ether oxygens (including phenoxy) is 1. The van der Waals surface area contributed by atoms with E-state index in [1.807, 2.05) is 24.5 Å². The van der Waals surface area contributed by atoms with Crippen LogP contribution in [0.15, 0.2) is 52.3 Å². The number of unbranched alkanes of at least 4 members (excludes halogenated alkanes) is 2. The number of thiazole rings is 1. The number of rotatable bonds is 14. The molecule has 0 N–H and O–H groups in total. The number of hydrogen-bond acceptors (Lipinski definition) is 8. The summed E-state index contributed by atoms with van der Waals surface area (Å²) >= 11 is 3.14. The van der Waals surface area contributed by atoms with Gasteiger partial charge in [0.1, 0.15) is 0 Å². The number of thioether (sulfide) groups is 1. The number of hydrogen-bond donors (Lipinski definition) is 0. The Hall–Kier alpha value is -2.02. The first kappa shape index (κ1) is 30.9. The molecule has 8 nitrogen and oxygen atoms in total. The fraction of sp³-hybridized carbons (Fsp3) is 0.517. The standard InChI is InChI=1S/C29H40N4O4S3/c1-4-6-15-32(16-7-5-2)40(35,36)24-13-11-23(12-14-24)28(34)33(18-17-31-19-21-37-22-20-31)29-30-27-25(38-3)9-8-10-26(27)39-29/h8-14H,4-7,15-22H2,1-3H3. The number of fused-ring (bicyclic) bond motifs is 1. The van der Waals surface area contributed by atoms with Gasteiger partial charge in [-0.2, -0.15) is 4.31 Å². The van der Waals surface area contributed by atoms with Crippen LogP contribution >= 0.6 is 23.1 Å². The number of aromatic nitrogens is 1. The highest BCUT2D eigenvalue weighted by Crippen LogP contribution is 2.34. The molecule has 0 unspecified atom stereocenters. The number of nitrogens with zero attached hydrogens (tertiary/aromatic N) is 4. The average Bonchev–Trinajstić information content (AvgIpc) is 3.42. The summed E-state index contributed by atoms with van der Waals surface area (Å²) in [5.74, 6) is -0.184. The Morgan fingerprint density at radius 2 is 1.70 bits per heavy atom. The molecule has 0 bridgehead atoms. The van der Waals surface area contributed by atoms with Crippen LogP contribution in [0, 0.1) is 0 Å². The van der Waals surface area contributed by atoms with Gasteiger partial charge in [0.2, 0.25) is 10.0 Å². The molecule has 1 fully saturated rings. The van der Waals surface area contributed by atoms with Crippen LogP contribution in [0.1, 0.15) is 49.9 Å². The van der Waals surface area contributed by atoms with Crippen molar-refractivity contribution >= 4 is 54.4 Å². The number of carbonyl (C=O) groups excluding carboxylic acids is 1. The van der Waals surface area contributed by atoms with Gasteiger partial charge in [-0.3, -0.25) is 14.6 Å². The van der Waals surface area contributed by atoms with E-state index in [0.29, 0.717) is 50.1 Å². The normalized spacial score (nSPS) is 14.7. The molecule has 1 aliphatic rings. The first-order valence-corrected chi connectivity index (χ1v) is 17.5. The zero-order chi connectivity index (χ0) is 28.5. The summed E-state index contributed by atoms with van der Waals surface area (Å²) in [6.07, 6.45) is 5.51. The Kier molecular flexibility index (Phi) is 11.4. The monoisotopic (exact) mass is 604 g/mol. The molecule has 1 saturated heterocycles. The van der Waals surface area contributed by atoms with E-state index in [1.54, 1.807) is 45.2 Å². The largest absolute Gasteiger partial charge is 0.379 e. The Morgan fingerprint density at radius 1 is 1.02 bits per heavy atom. The van der Waals surface area contributed by atoms with Crippen molar-refractivity contribution < 1.29 is 17.9 Å². The first-order chi connectivity index (χ1) is 19.4. The summed E-state index contributed by atoms with van der Waals surface area (Å²) in [4.78, 5) is 24.1. The summed E-state index contributed by atoms with van der Waals surface area (Å²) in [7, 11) is -3.63. The van der Waals surface area contributed by atoms with Crippen LogP contribution in [-0.2, 0) is 14.8 Å². The topological polar surface area (TPSA) is 83.1 Å². The van der Waals surface area contributed by atoms with Gasteiger partial charge in [0.05, 0.1) is 28.3 Å². The van der Waals surface area contributed by atoms with Crippen LogP contribution in [-0.4, -0.2) is 87.3 Å². The number of para-hydroxylation sites is 1.